The van der Waals surface area contributed by atoms with Gasteiger partial charge in [0.2, 0.25) is 0 Å². The average Bonchev–Trinajstić information content (AvgIpc) is 2.28. The van der Waals surface area contributed by atoms with Crippen LogP contribution < -0.4 is 5.73 Å². The fourth-order valence-electron chi connectivity index (χ4n) is 1.11. The molecule has 1 aromatic carbocycles. The number of methoxy groups -OCH3 is 1. The second-order valence-corrected chi connectivity index (χ2v) is 4.89. The molecule has 1 unspecified atom stereocenters. The lowest BCUT2D eigenvalue weighted by Gasteiger charge is -2.09. The molecule has 0 saturated carbocycles. The summed E-state index contributed by atoms with van der Waals surface area (Å²) >= 11 is 7.50. The molecular formula is C11H14ClNO2S. The summed E-state index contributed by atoms with van der Waals surface area (Å²) in [5.41, 5.74) is 6.32. The Labute approximate surface area is 104 Å². The summed E-state index contributed by atoms with van der Waals surface area (Å²) in [5.74, 6) is 0.246. The summed E-state index contributed by atoms with van der Waals surface area (Å²) in [6.07, 6.45) is 0. The van der Waals surface area contributed by atoms with Crippen LogP contribution in [0.3, 0.4) is 0 Å². The van der Waals surface area contributed by atoms with E-state index in [0.717, 1.165) is 4.90 Å². The number of carbonyl (C=O) groups is 1. The van der Waals surface area contributed by atoms with Gasteiger partial charge in [0.15, 0.2) is 0 Å². The van der Waals surface area contributed by atoms with Gasteiger partial charge in [-0.15, -0.1) is 11.8 Å². The number of rotatable bonds is 4. The predicted molar refractivity (Wildman–Crippen MR) is 67.8 cm³/mol. The molecule has 0 radical (unpaired) electrons. The first-order chi connectivity index (χ1) is 7.54. The Morgan fingerprint density at radius 1 is 1.62 bits per heavy atom. The molecule has 1 rings (SSSR count). The van der Waals surface area contributed by atoms with Gasteiger partial charge in [-0.1, -0.05) is 18.5 Å². The number of nitrogens with two attached hydrogens (primary N) is 1. The van der Waals surface area contributed by atoms with Gasteiger partial charge in [-0.2, -0.15) is 0 Å². The summed E-state index contributed by atoms with van der Waals surface area (Å²) < 4.78 is 4.64. The van der Waals surface area contributed by atoms with Gasteiger partial charge in [0.1, 0.15) is 0 Å². The Morgan fingerprint density at radius 3 is 2.94 bits per heavy atom. The van der Waals surface area contributed by atoms with E-state index in [1.165, 1.54) is 18.9 Å². The van der Waals surface area contributed by atoms with E-state index in [-0.39, 0.29) is 11.9 Å². The smallest absolute Gasteiger partial charge is 0.309 e. The summed E-state index contributed by atoms with van der Waals surface area (Å²) in [6, 6.07) is 5.30. The minimum Gasteiger partial charge on any atom is -0.469 e. The van der Waals surface area contributed by atoms with Crippen molar-refractivity contribution in [1.29, 1.82) is 0 Å². The molecule has 5 heteroatoms. The third kappa shape index (κ3) is 3.61. The highest BCUT2D eigenvalue weighted by Crippen LogP contribution is 2.30. The highest BCUT2D eigenvalue weighted by Gasteiger charge is 2.14. The van der Waals surface area contributed by atoms with Crippen LogP contribution in [-0.2, 0) is 9.53 Å². The second kappa shape index (κ2) is 6.01. The van der Waals surface area contributed by atoms with Crippen molar-refractivity contribution in [3.63, 3.8) is 0 Å². The molecule has 0 saturated heterocycles. The van der Waals surface area contributed by atoms with Gasteiger partial charge in [0.05, 0.1) is 18.1 Å². The van der Waals surface area contributed by atoms with Crippen LogP contribution in [0.1, 0.15) is 6.92 Å². The molecule has 0 aromatic heterocycles. The topological polar surface area (TPSA) is 52.3 Å². The van der Waals surface area contributed by atoms with E-state index in [4.69, 9.17) is 17.3 Å². The number of hydrogen-bond donors (Lipinski definition) is 1. The van der Waals surface area contributed by atoms with Crippen molar-refractivity contribution in [2.24, 2.45) is 5.92 Å². The summed E-state index contributed by atoms with van der Waals surface area (Å²) in [4.78, 5) is 12.1. The van der Waals surface area contributed by atoms with Crippen LogP contribution in [0.15, 0.2) is 23.1 Å². The molecule has 0 aliphatic carbocycles. The van der Waals surface area contributed by atoms with Crippen LogP contribution in [0.5, 0.6) is 0 Å². The van der Waals surface area contributed by atoms with Gasteiger partial charge >= 0.3 is 5.97 Å². The second-order valence-electron chi connectivity index (χ2n) is 3.43. The van der Waals surface area contributed by atoms with E-state index in [1.54, 1.807) is 18.2 Å². The molecule has 2 N–H and O–H groups in total. The summed E-state index contributed by atoms with van der Waals surface area (Å²) in [5, 5.41) is 0.649. The third-order valence-corrected chi connectivity index (χ3v) is 3.80. The number of benzene rings is 1. The molecule has 88 valence electrons. The maximum Gasteiger partial charge on any atom is 0.309 e. The van der Waals surface area contributed by atoms with Crippen molar-refractivity contribution in [2.75, 3.05) is 18.6 Å². The quantitative estimate of drug-likeness (QED) is 0.513. The Morgan fingerprint density at radius 2 is 2.31 bits per heavy atom. The first kappa shape index (κ1) is 13.2. The van der Waals surface area contributed by atoms with E-state index < -0.39 is 0 Å². The fourth-order valence-corrected chi connectivity index (χ4v) is 2.39. The monoisotopic (exact) mass is 259 g/mol. The van der Waals surface area contributed by atoms with Crippen molar-refractivity contribution in [3.05, 3.63) is 23.2 Å². The van der Waals surface area contributed by atoms with E-state index in [9.17, 15) is 4.79 Å². The van der Waals surface area contributed by atoms with Gasteiger partial charge < -0.3 is 10.5 Å². The van der Waals surface area contributed by atoms with Crippen LogP contribution in [0, 0.1) is 5.92 Å². The zero-order valence-corrected chi connectivity index (χ0v) is 10.8. The van der Waals surface area contributed by atoms with Crippen molar-refractivity contribution in [1.82, 2.24) is 0 Å². The van der Waals surface area contributed by atoms with Crippen LogP contribution in [0.4, 0.5) is 5.69 Å². The number of nitrogen functional groups attached to an aromatic ring is 1. The minimum absolute atomic E-state index is 0.160. The van der Waals surface area contributed by atoms with Crippen LogP contribution in [0.25, 0.3) is 0 Å². The van der Waals surface area contributed by atoms with Gasteiger partial charge in [-0.05, 0) is 18.2 Å². The van der Waals surface area contributed by atoms with Gasteiger partial charge in [-0.25, -0.2) is 0 Å². The Bertz CT molecular complexity index is 384. The Hall–Kier alpha value is -0.870. The number of thioether (sulfide) groups is 1. The van der Waals surface area contributed by atoms with E-state index in [1.807, 2.05) is 6.92 Å². The van der Waals surface area contributed by atoms with Crippen molar-refractivity contribution in [3.8, 4) is 0 Å². The van der Waals surface area contributed by atoms with Crippen LogP contribution in [0.2, 0.25) is 5.02 Å². The van der Waals surface area contributed by atoms with E-state index in [0.29, 0.717) is 16.5 Å². The minimum atomic E-state index is -0.215. The maximum atomic E-state index is 11.2. The first-order valence-electron chi connectivity index (χ1n) is 4.80. The molecule has 0 amide bonds. The third-order valence-electron chi connectivity index (χ3n) is 2.05. The molecule has 0 heterocycles. The Balaban J connectivity index is 2.60. The van der Waals surface area contributed by atoms with E-state index in [2.05, 4.69) is 4.74 Å². The zero-order chi connectivity index (χ0) is 12.1. The Kier molecular flexibility index (Phi) is 4.96. The number of ether oxygens (including phenoxy) is 1. The van der Waals surface area contributed by atoms with Gasteiger partial charge in [0, 0.05) is 16.3 Å². The van der Waals surface area contributed by atoms with Gasteiger partial charge in [-0.3, -0.25) is 4.79 Å². The van der Waals surface area contributed by atoms with Crippen molar-refractivity contribution < 1.29 is 9.53 Å². The van der Waals surface area contributed by atoms with Crippen LogP contribution >= 0.6 is 23.4 Å². The molecule has 16 heavy (non-hydrogen) atoms. The molecule has 1 atom stereocenters. The summed E-state index contributed by atoms with van der Waals surface area (Å²) in [6.45, 7) is 1.82. The van der Waals surface area contributed by atoms with Gasteiger partial charge in [0.25, 0.3) is 0 Å². The molecule has 0 aliphatic rings. The average molecular weight is 260 g/mol. The molecule has 1 aromatic rings. The lowest BCUT2D eigenvalue weighted by atomic mass is 10.2. The van der Waals surface area contributed by atoms with E-state index >= 15 is 0 Å². The standard InChI is InChI=1S/C11H14ClNO2S/c1-7(11(14)15-2)6-16-10-5-8(13)3-4-9(10)12/h3-5,7H,6,13H2,1-2H3. The predicted octanol–water partition coefficient (Wildman–Crippen LogP) is 2.82. The molecule has 0 aliphatic heterocycles. The van der Waals surface area contributed by atoms with Crippen LogP contribution in [-0.4, -0.2) is 18.8 Å². The molecule has 0 bridgehead atoms. The highest BCUT2D eigenvalue weighted by molar-refractivity contribution is 7.99. The molecule has 0 fully saturated rings. The number of carbonyl (C=O) groups excluding carboxylic acids is 1. The molecule has 3 nitrogen and oxygen atoms in total. The number of anilines is 1. The lowest BCUT2D eigenvalue weighted by Crippen LogP contribution is -2.14. The largest absolute Gasteiger partial charge is 0.469 e. The van der Waals surface area contributed by atoms with Crippen molar-refractivity contribution in [2.45, 2.75) is 11.8 Å². The maximum absolute atomic E-state index is 11.2. The SMILES string of the molecule is COC(=O)C(C)CSc1cc(N)ccc1Cl. The normalized spacial score (nSPS) is 12.2. The zero-order valence-electron chi connectivity index (χ0n) is 9.20. The summed E-state index contributed by atoms with van der Waals surface area (Å²) in [7, 11) is 1.39. The fraction of sp³-hybridized carbons (Fsp3) is 0.364. The first-order valence-corrected chi connectivity index (χ1v) is 6.16. The number of halogens is 1. The lowest BCUT2D eigenvalue weighted by molar-refractivity contribution is -0.143. The van der Waals surface area contributed by atoms with Crippen molar-refractivity contribution >= 4 is 35.0 Å². The number of esters is 1. The molecular weight excluding hydrogens is 246 g/mol. The molecule has 0 spiro atoms. The highest BCUT2D eigenvalue weighted by atomic mass is 35.5. The number of hydrogen-bond acceptors (Lipinski definition) is 4.